The quantitative estimate of drug-likeness (QED) is 0.815. The van der Waals surface area contributed by atoms with Crippen LogP contribution in [0.3, 0.4) is 0 Å². The predicted molar refractivity (Wildman–Crippen MR) is 113 cm³/mol. The molecule has 0 spiro atoms. The number of amides is 1. The molecule has 29 heavy (non-hydrogen) atoms. The number of nitrogens with one attached hydrogen (secondary N) is 1. The molecule has 8 nitrogen and oxygen atoms in total. The highest BCUT2D eigenvalue weighted by Crippen LogP contribution is 2.30. The lowest BCUT2D eigenvalue weighted by molar-refractivity contribution is -0.116. The van der Waals surface area contributed by atoms with Gasteiger partial charge in [-0.3, -0.25) is 9.52 Å². The normalized spacial score (nSPS) is 17.3. The van der Waals surface area contributed by atoms with Gasteiger partial charge in [0.05, 0.1) is 16.8 Å². The Hall–Kier alpha value is -2.65. The number of carbonyl (C=O) groups excluding carboxylic acids is 1. The molecule has 2 aromatic rings. The van der Waals surface area contributed by atoms with E-state index in [1.165, 1.54) is 13.0 Å². The van der Waals surface area contributed by atoms with Crippen molar-refractivity contribution in [1.29, 1.82) is 0 Å². The number of benzene rings is 1. The summed E-state index contributed by atoms with van der Waals surface area (Å²) in [5, 5.41) is 0. The smallest absolute Gasteiger partial charge is 0.261 e. The number of aromatic nitrogens is 1. The number of rotatable bonds is 4. The van der Waals surface area contributed by atoms with Crippen LogP contribution >= 0.6 is 0 Å². The minimum Gasteiger partial charge on any atom is -0.354 e. The predicted octanol–water partition coefficient (Wildman–Crippen LogP) is 1.54. The van der Waals surface area contributed by atoms with Crippen LogP contribution in [-0.4, -0.2) is 64.0 Å². The highest BCUT2D eigenvalue weighted by atomic mass is 32.2. The molecule has 0 bridgehead atoms. The number of sulfonamides is 1. The Labute approximate surface area is 171 Å². The Morgan fingerprint density at radius 2 is 1.83 bits per heavy atom. The van der Waals surface area contributed by atoms with Gasteiger partial charge in [0.15, 0.2) is 0 Å². The zero-order chi connectivity index (χ0) is 20.6. The lowest BCUT2D eigenvalue weighted by Gasteiger charge is -2.33. The van der Waals surface area contributed by atoms with Crippen LogP contribution in [0.25, 0.3) is 0 Å². The summed E-state index contributed by atoms with van der Waals surface area (Å²) in [5.41, 5.74) is 2.08. The number of pyridine rings is 1. The molecule has 0 saturated carbocycles. The molecule has 0 aliphatic carbocycles. The number of hydrogen-bond donors (Lipinski definition) is 1. The van der Waals surface area contributed by atoms with Crippen LogP contribution in [0.4, 0.5) is 17.2 Å². The van der Waals surface area contributed by atoms with Gasteiger partial charge in [0, 0.05) is 45.3 Å². The molecule has 0 atom stereocenters. The standard InChI is InChI=1S/C20H25N5O3S/c1-15(26)25-8-7-16-13-18(4-5-19(16)25)29(27,28)22-17-3-6-20(21-14-17)24-11-9-23(2)10-12-24/h3-6,13-14,22H,7-12H2,1-2H3. The van der Waals surface area contributed by atoms with Crippen molar-refractivity contribution in [3.05, 3.63) is 42.1 Å². The summed E-state index contributed by atoms with van der Waals surface area (Å²) in [7, 11) is -1.63. The average molecular weight is 416 g/mol. The molecular weight excluding hydrogens is 390 g/mol. The Balaban J connectivity index is 1.48. The van der Waals surface area contributed by atoms with Gasteiger partial charge in [-0.25, -0.2) is 13.4 Å². The van der Waals surface area contributed by atoms with Crippen molar-refractivity contribution in [3.8, 4) is 0 Å². The lowest BCUT2D eigenvalue weighted by Crippen LogP contribution is -2.44. The maximum absolute atomic E-state index is 12.8. The zero-order valence-electron chi connectivity index (χ0n) is 16.6. The number of nitrogens with zero attached hydrogens (tertiary/aromatic N) is 4. The summed E-state index contributed by atoms with van der Waals surface area (Å²) in [4.78, 5) is 22.4. The van der Waals surface area contributed by atoms with Gasteiger partial charge < -0.3 is 14.7 Å². The van der Waals surface area contributed by atoms with Gasteiger partial charge >= 0.3 is 0 Å². The van der Waals surface area contributed by atoms with E-state index >= 15 is 0 Å². The van der Waals surface area contributed by atoms with Crippen molar-refractivity contribution in [2.45, 2.75) is 18.2 Å². The number of hydrogen-bond acceptors (Lipinski definition) is 6. The largest absolute Gasteiger partial charge is 0.354 e. The van der Waals surface area contributed by atoms with Crippen molar-refractivity contribution < 1.29 is 13.2 Å². The molecule has 154 valence electrons. The third-order valence-electron chi connectivity index (χ3n) is 5.46. The summed E-state index contributed by atoms with van der Waals surface area (Å²) >= 11 is 0. The van der Waals surface area contributed by atoms with Gasteiger partial charge in [-0.1, -0.05) is 0 Å². The molecule has 1 saturated heterocycles. The lowest BCUT2D eigenvalue weighted by atomic mass is 10.2. The first-order valence-corrected chi connectivity index (χ1v) is 11.2. The Morgan fingerprint density at radius 1 is 1.07 bits per heavy atom. The van der Waals surface area contributed by atoms with E-state index in [0.29, 0.717) is 18.7 Å². The van der Waals surface area contributed by atoms with Crippen molar-refractivity contribution in [2.75, 3.05) is 54.3 Å². The number of piperazine rings is 1. The first-order chi connectivity index (χ1) is 13.8. The first-order valence-electron chi connectivity index (χ1n) is 9.67. The van der Waals surface area contributed by atoms with E-state index in [1.54, 1.807) is 29.3 Å². The molecule has 3 heterocycles. The summed E-state index contributed by atoms with van der Waals surface area (Å²) < 4.78 is 28.2. The second kappa shape index (κ2) is 7.64. The van der Waals surface area contributed by atoms with Crippen LogP contribution in [0, 0.1) is 0 Å². The molecule has 4 rings (SSSR count). The zero-order valence-corrected chi connectivity index (χ0v) is 17.4. The molecule has 1 fully saturated rings. The molecule has 1 aromatic carbocycles. The molecule has 1 amide bonds. The maximum atomic E-state index is 12.8. The molecule has 0 radical (unpaired) electrons. The molecule has 2 aliphatic rings. The highest BCUT2D eigenvalue weighted by Gasteiger charge is 2.25. The highest BCUT2D eigenvalue weighted by molar-refractivity contribution is 7.92. The molecule has 0 unspecified atom stereocenters. The number of likely N-dealkylation sites (N-methyl/N-ethyl adjacent to an activating group) is 1. The van der Waals surface area contributed by atoms with Gasteiger partial charge in [0.25, 0.3) is 10.0 Å². The third-order valence-corrected chi connectivity index (χ3v) is 6.84. The maximum Gasteiger partial charge on any atom is 0.261 e. The van der Waals surface area contributed by atoms with E-state index in [2.05, 4.69) is 26.6 Å². The fraction of sp³-hybridized carbons (Fsp3) is 0.400. The Kier molecular flexibility index (Phi) is 5.18. The molecule has 1 N–H and O–H groups in total. The van der Waals surface area contributed by atoms with Crippen molar-refractivity contribution in [2.24, 2.45) is 0 Å². The Bertz CT molecular complexity index is 1010. The number of fused-ring (bicyclic) bond motifs is 1. The second-order valence-corrected chi connectivity index (χ2v) is 9.19. The van der Waals surface area contributed by atoms with Gasteiger partial charge in [0.1, 0.15) is 5.82 Å². The van der Waals surface area contributed by atoms with Crippen LogP contribution in [0.5, 0.6) is 0 Å². The van der Waals surface area contributed by atoms with E-state index in [1.807, 2.05) is 6.07 Å². The van der Waals surface area contributed by atoms with Gasteiger partial charge in [-0.2, -0.15) is 0 Å². The number of carbonyl (C=O) groups is 1. The SMILES string of the molecule is CC(=O)N1CCc2cc(S(=O)(=O)Nc3ccc(N4CCN(C)CC4)nc3)ccc21. The summed E-state index contributed by atoms with van der Waals surface area (Å²) in [6, 6.07) is 8.47. The first kappa shape index (κ1) is 19.7. The monoisotopic (exact) mass is 415 g/mol. The minimum absolute atomic E-state index is 0.0380. The van der Waals surface area contributed by atoms with E-state index in [9.17, 15) is 13.2 Å². The van der Waals surface area contributed by atoms with E-state index in [-0.39, 0.29) is 10.8 Å². The fourth-order valence-electron chi connectivity index (χ4n) is 3.76. The minimum atomic E-state index is -3.73. The van der Waals surface area contributed by atoms with Crippen LogP contribution in [0.1, 0.15) is 12.5 Å². The molecule has 9 heteroatoms. The summed E-state index contributed by atoms with van der Waals surface area (Å²) in [5.74, 6) is 0.812. The third kappa shape index (κ3) is 4.06. The second-order valence-electron chi connectivity index (χ2n) is 7.51. The van der Waals surface area contributed by atoms with Crippen molar-refractivity contribution >= 4 is 33.1 Å². The van der Waals surface area contributed by atoms with E-state index < -0.39 is 10.0 Å². The summed E-state index contributed by atoms with van der Waals surface area (Å²) in [6.07, 6.45) is 2.20. The van der Waals surface area contributed by atoms with Crippen LogP contribution < -0.4 is 14.5 Å². The summed E-state index contributed by atoms with van der Waals surface area (Å²) in [6.45, 7) is 5.87. The topological polar surface area (TPSA) is 85.8 Å². The average Bonchev–Trinajstić information content (AvgIpc) is 3.13. The van der Waals surface area contributed by atoms with Crippen LogP contribution in [0.2, 0.25) is 0 Å². The number of anilines is 3. The molecular formula is C20H25N5O3S. The van der Waals surface area contributed by atoms with Crippen LogP contribution in [-0.2, 0) is 21.2 Å². The van der Waals surface area contributed by atoms with Crippen molar-refractivity contribution in [3.63, 3.8) is 0 Å². The fourth-order valence-corrected chi connectivity index (χ4v) is 4.85. The van der Waals surface area contributed by atoms with E-state index in [4.69, 9.17) is 0 Å². The Morgan fingerprint density at radius 3 is 2.48 bits per heavy atom. The van der Waals surface area contributed by atoms with Gasteiger partial charge in [-0.05, 0) is 49.4 Å². The van der Waals surface area contributed by atoms with Crippen LogP contribution in [0.15, 0.2) is 41.4 Å². The van der Waals surface area contributed by atoms with Gasteiger partial charge in [-0.15, -0.1) is 0 Å². The molecule has 2 aliphatic heterocycles. The molecule has 1 aromatic heterocycles. The van der Waals surface area contributed by atoms with Crippen molar-refractivity contribution in [1.82, 2.24) is 9.88 Å². The van der Waals surface area contributed by atoms with Gasteiger partial charge in [0.2, 0.25) is 5.91 Å². The van der Waals surface area contributed by atoms with E-state index in [0.717, 1.165) is 43.2 Å².